The summed E-state index contributed by atoms with van der Waals surface area (Å²) in [6.07, 6.45) is -1.45. The maximum atomic E-state index is 12.5. The molecule has 106 valence electrons. The minimum absolute atomic E-state index is 0.0925. The van der Waals surface area contributed by atoms with Crippen molar-refractivity contribution in [2.45, 2.75) is 25.1 Å². The molecule has 1 aliphatic heterocycles. The van der Waals surface area contributed by atoms with E-state index >= 15 is 0 Å². The Labute approximate surface area is 110 Å². The average molecular weight is 273 g/mol. The molecule has 19 heavy (non-hydrogen) atoms. The summed E-state index contributed by atoms with van der Waals surface area (Å²) in [5.74, 6) is 0. The molecule has 0 bridgehead atoms. The molecule has 0 aliphatic carbocycles. The van der Waals surface area contributed by atoms with Gasteiger partial charge in [-0.15, -0.1) is 0 Å². The van der Waals surface area contributed by atoms with Gasteiger partial charge in [-0.3, -0.25) is 9.88 Å². The Balaban J connectivity index is 2.08. The lowest BCUT2D eigenvalue weighted by Gasteiger charge is -2.35. The van der Waals surface area contributed by atoms with Gasteiger partial charge < -0.3 is 5.32 Å². The molecule has 1 saturated heterocycles. The molecule has 0 saturated carbocycles. The van der Waals surface area contributed by atoms with Crippen LogP contribution >= 0.6 is 0 Å². The third-order valence-electron chi connectivity index (χ3n) is 3.36. The third kappa shape index (κ3) is 4.47. The lowest BCUT2D eigenvalue weighted by molar-refractivity contribution is -0.138. The molecule has 3 nitrogen and oxygen atoms in total. The number of hydrogen-bond acceptors (Lipinski definition) is 3. The Morgan fingerprint density at radius 2 is 2.05 bits per heavy atom. The van der Waals surface area contributed by atoms with E-state index in [0.29, 0.717) is 0 Å². The van der Waals surface area contributed by atoms with E-state index in [2.05, 4.69) is 15.2 Å². The van der Waals surface area contributed by atoms with Crippen molar-refractivity contribution in [3.8, 4) is 0 Å². The predicted octanol–water partition coefficient (Wildman–Crippen LogP) is 2.37. The van der Waals surface area contributed by atoms with Crippen LogP contribution in [-0.4, -0.2) is 42.2 Å². The molecule has 0 radical (unpaired) electrons. The fourth-order valence-corrected chi connectivity index (χ4v) is 2.43. The van der Waals surface area contributed by atoms with E-state index in [0.717, 1.165) is 31.7 Å². The van der Waals surface area contributed by atoms with Crippen molar-refractivity contribution >= 4 is 0 Å². The van der Waals surface area contributed by atoms with Crippen LogP contribution in [0.4, 0.5) is 13.2 Å². The van der Waals surface area contributed by atoms with Gasteiger partial charge in [0.25, 0.3) is 0 Å². The molecule has 1 fully saturated rings. The summed E-state index contributed by atoms with van der Waals surface area (Å²) < 4.78 is 37.4. The highest BCUT2D eigenvalue weighted by atomic mass is 19.4. The maximum Gasteiger partial charge on any atom is 0.389 e. The molecular weight excluding hydrogens is 255 g/mol. The zero-order valence-corrected chi connectivity index (χ0v) is 10.7. The van der Waals surface area contributed by atoms with Crippen molar-refractivity contribution in [1.29, 1.82) is 0 Å². The van der Waals surface area contributed by atoms with Gasteiger partial charge in [0.1, 0.15) is 0 Å². The van der Waals surface area contributed by atoms with Crippen molar-refractivity contribution in [1.82, 2.24) is 15.2 Å². The number of pyridine rings is 1. The van der Waals surface area contributed by atoms with Crippen LogP contribution in [0, 0.1) is 0 Å². The first kappa shape index (κ1) is 14.3. The summed E-state index contributed by atoms with van der Waals surface area (Å²) in [6.45, 7) is 3.19. The predicted molar refractivity (Wildman–Crippen MR) is 66.7 cm³/mol. The van der Waals surface area contributed by atoms with Crippen LogP contribution in [0.2, 0.25) is 0 Å². The number of alkyl halides is 3. The fraction of sp³-hybridized carbons (Fsp3) is 0.615. The quantitative estimate of drug-likeness (QED) is 0.913. The lowest BCUT2D eigenvalue weighted by Crippen LogP contribution is -2.45. The zero-order chi connectivity index (χ0) is 13.7. The highest BCUT2D eigenvalue weighted by Crippen LogP contribution is 2.31. The number of nitrogens with one attached hydrogen (secondary N) is 1. The van der Waals surface area contributed by atoms with Gasteiger partial charge in [0.15, 0.2) is 0 Å². The van der Waals surface area contributed by atoms with Crippen LogP contribution in [0.1, 0.15) is 24.4 Å². The van der Waals surface area contributed by atoms with E-state index in [1.807, 2.05) is 6.07 Å². The number of piperazine rings is 1. The second-order valence-corrected chi connectivity index (χ2v) is 4.74. The molecule has 0 amide bonds. The summed E-state index contributed by atoms with van der Waals surface area (Å²) in [5, 5.41) is 3.21. The van der Waals surface area contributed by atoms with Gasteiger partial charge in [0, 0.05) is 51.0 Å². The molecule has 1 atom stereocenters. The molecule has 1 N–H and O–H groups in total. The van der Waals surface area contributed by atoms with Crippen LogP contribution in [0.5, 0.6) is 0 Å². The van der Waals surface area contributed by atoms with Gasteiger partial charge in [-0.1, -0.05) is 6.07 Å². The average Bonchev–Trinajstić information content (AvgIpc) is 2.40. The van der Waals surface area contributed by atoms with E-state index in [-0.39, 0.29) is 12.5 Å². The van der Waals surface area contributed by atoms with Crippen molar-refractivity contribution in [3.63, 3.8) is 0 Å². The SMILES string of the molecule is FC(F)(F)CC[C@H](c1cccnc1)N1CCNCC1. The van der Waals surface area contributed by atoms with Gasteiger partial charge >= 0.3 is 6.18 Å². The molecule has 2 heterocycles. The lowest BCUT2D eigenvalue weighted by atomic mass is 10.0. The van der Waals surface area contributed by atoms with E-state index < -0.39 is 12.6 Å². The first-order valence-electron chi connectivity index (χ1n) is 6.48. The van der Waals surface area contributed by atoms with E-state index in [1.54, 1.807) is 18.5 Å². The molecule has 6 heteroatoms. The van der Waals surface area contributed by atoms with Gasteiger partial charge in [-0.25, -0.2) is 0 Å². The van der Waals surface area contributed by atoms with Crippen molar-refractivity contribution in [2.24, 2.45) is 0 Å². The van der Waals surface area contributed by atoms with E-state index in [1.165, 1.54) is 0 Å². The molecule has 1 aromatic rings. The molecule has 1 aromatic heterocycles. The van der Waals surface area contributed by atoms with Crippen LogP contribution in [-0.2, 0) is 0 Å². The van der Waals surface area contributed by atoms with Crippen LogP contribution in [0.3, 0.4) is 0 Å². The van der Waals surface area contributed by atoms with Crippen molar-refractivity contribution in [2.75, 3.05) is 26.2 Å². The molecule has 1 aliphatic rings. The van der Waals surface area contributed by atoms with Crippen LogP contribution < -0.4 is 5.32 Å². The van der Waals surface area contributed by atoms with E-state index in [9.17, 15) is 13.2 Å². The number of hydrogen-bond donors (Lipinski definition) is 1. The van der Waals surface area contributed by atoms with Crippen molar-refractivity contribution < 1.29 is 13.2 Å². The summed E-state index contributed by atoms with van der Waals surface area (Å²) in [6, 6.07) is 3.44. The zero-order valence-electron chi connectivity index (χ0n) is 10.7. The largest absolute Gasteiger partial charge is 0.389 e. The topological polar surface area (TPSA) is 28.2 Å². The molecule has 0 unspecified atom stereocenters. The second-order valence-electron chi connectivity index (χ2n) is 4.74. The maximum absolute atomic E-state index is 12.5. The number of halogens is 3. The minimum atomic E-state index is -4.10. The Kier molecular flexibility index (Phi) is 4.76. The van der Waals surface area contributed by atoms with Crippen LogP contribution in [0.15, 0.2) is 24.5 Å². The second kappa shape index (κ2) is 6.34. The normalized spacial score (nSPS) is 19.3. The molecule has 0 aromatic carbocycles. The highest BCUT2D eigenvalue weighted by Gasteiger charge is 2.31. The molecule has 0 spiro atoms. The smallest absolute Gasteiger partial charge is 0.314 e. The first-order chi connectivity index (χ1) is 9.06. The Morgan fingerprint density at radius 3 is 2.63 bits per heavy atom. The van der Waals surface area contributed by atoms with Gasteiger partial charge in [-0.05, 0) is 18.1 Å². The summed E-state index contributed by atoms with van der Waals surface area (Å²) in [5.41, 5.74) is 0.869. The number of aromatic nitrogens is 1. The van der Waals surface area contributed by atoms with Crippen LogP contribution in [0.25, 0.3) is 0 Å². The summed E-state index contributed by atoms with van der Waals surface area (Å²) >= 11 is 0. The van der Waals surface area contributed by atoms with Crippen molar-refractivity contribution in [3.05, 3.63) is 30.1 Å². The standard InChI is InChI=1S/C13H18F3N3/c14-13(15,16)4-3-12(11-2-1-5-18-10-11)19-8-6-17-7-9-19/h1-2,5,10,12,17H,3-4,6-9H2/t12-/m1/s1. The Morgan fingerprint density at radius 1 is 1.32 bits per heavy atom. The highest BCUT2D eigenvalue weighted by molar-refractivity contribution is 5.14. The molecular formula is C13H18F3N3. The first-order valence-corrected chi connectivity index (χ1v) is 6.48. The fourth-order valence-electron chi connectivity index (χ4n) is 2.43. The van der Waals surface area contributed by atoms with Gasteiger partial charge in [0.2, 0.25) is 0 Å². The summed E-state index contributed by atoms with van der Waals surface area (Å²) in [4.78, 5) is 6.13. The monoisotopic (exact) mass is 273 g/mol. The van der Waals surface area contributed by atoms with E-state index in [4.69, 9.17) is 0 Å². The number of nitrogens with zero attached hydrogens (tertiary/aromatic N) is 2. The van der Waals surface area contributed by atoms with Gasteiger partial charge in [0.05, 0.1) is 0 Å². The summed E-state index contributed by atoms with van der Waals surface area (Å²) in [7, 11) is 0. The minimum Gasteiger partial charge on any atom is -0.314 e. The number of rotatable bonds is 4. The third-order valence-corrected chi connectivity index (χ3v) is 3.36. The Hall–Kier alpha value is -1.14. The van der Waals surface area contributed by atoms with Gasteiger partial charge in [-0.2, -0.15) is 13.2 Å². The molecule has 2 rings (SSSR count). The Bertz CT molecular complexity index is 374.